The number of benzene rings is 1. The van der Waals surface area contributed by atoms with Crippen molar-refractivity contribution in [3.05, 3.63) is 48.2 Å². The molecule has 2 aliphatic carbocycles. The summed E-state index contributed by atoms with van der Waals surface area (Å²) in [4.78, 5) is 16.8. The van der Waals surface area contributed by atoms with Gasteiger partial charge >= 0.3 is 6.18 Å². The van der Waals surface area contributed by atoms with Crippen LogP contribution in [0.2, 0.25) is 0 Å². The van der Waals surface area contributed by atoms with Crippen LogP contribution in [0.4, 0.5) is 30.4 Å². The van der Waals surface area contributed by atoms with Gasteiger partial charge in [-0.05, 0) is 67.3 Å². The van der Waals surface area contributed by atoms with Crippen LogP contribution in [0.5, 0.6) is 0 Å². The molecule has 7 heteroatoms. The lowest BCUT2D eigenvalue weighted by atomic mass is 9.80. The smallest absolute Gasteiger partial charge is 0.340 e. The Kier molecular flexibility index (Phi) is 5.23. The fraction of sp³-hybridized carbons (Fsp3) is 0.455. The van der Waals surface area contributed by atoms with Crippen LogP contribution < -0.4 is 10.6 Å². The summed E-state index contributed by atoms with van der Waals surface area (Å²) in [5.41, 5.74) is 0.162. The number of nitrogens with one attached hydrogen (secondary N) is 2. The van der Waals surface area contributed by atoms with Crippen LogP contribution in [-0.4, -0.2) is 10.9 Å². The van der Waals surface area contributed by atoms with E-state index in [1.54, 1.807) is 18.2 Å². The molecule has 0 radical (unpaired) electrons. The lowest BCUT2D eigenvalue weighted by molar-refractivity contribution is -0.137. The third-order valence-corrected chi connectivity index (χ3v) is 6.34. The molecule has 0 saturated heterocycles. The minimum absolute atomic E-state index is 0.00272. The minimum atomic E-state index is -4.39. The first-order chi connectivity index (χ1) is 13.8. The van der Waals surface area contributed by atoms with Crippen LogP contribution in [0.1, 0.15) is 38.2 Å². The Morgan fingerprint density at radius 2 is 1.97 bits per heavy atom. The number of hydrogen-bond donors (Lipinski definition) is 2. The number of nitrogens with zero attached hydrogens (tertiary/aromatic N) is 1. The van der Waals surface area contributed by atoms with Gasteiger partial charge in [-0.2, -0.15) is 13.2 Å². The number of anilines is 3. The van der Waals surface area contributed by atoms with Gasteiger partial charge in [0.25, 0.3) is 0 Å². The number of carbonyl (C=O) groups is 1. The molecule has 0 spiro atoms. The molecular weight excluding hydrogens is 379 g/mol. The van der Waals surface area contributed by atoms with Crippen molar-refractivity contribution in [1.29, 1.82) is 0 Å². The molecule has 2 N–H and O–H groups in total. The van der Waals surface area contributed by atoms with Gasteiger partial charge < -0.3 is 10.6 Å². The molecule has 4 nitrogen and oxygen atoms in total. The Balaban J connectivity index is 1.36. The number of fused-ring (bicyclic) bond motifs is 2. The molecule has 4 atom stereocenters. The standard InChI is InChI=1S/C22H24F3N3O/c1-13(19-10-14-5-6-15(19)9-14)21(29)28-18-7-8-20(26-12-18)27-17-4-2-3-16(11-17)22(23,24)25/h2-4,7-8,11-15,19H,5-6,9-10H2,1H3,(H,26,27)(H,28,29). The lowest BCUT2D eigenvalue weighted by Gasteiger charge is -2.27. The van der Waals surface area contributed by atoms with Crippen LogP contribution in [0.15, 0.2) is 42.6 Å². The zero-order valence-corrected chi connectivity index (χ0v) is 16.2. The molecular formula is C22H24F3N3O. The van der Waals surface area contributed by atoms with E-state index in [9.17, 15) is 18.0 Å². The molecule has 1 aromatic carbocycles. The third kappa shape index (κ3) is 4.38. The second kappa shape index (κ2) is 7.69. The SMILES string of the molecule is CC(C(=O)Nc1ccc(Nc2cccc(C(F)(F)F)c2)nc1)C1CC2CCC1C2. The molecule has 4 unspecified atom stereocenters. The Morgan fingerprint density at radius 3 is 2.59 bits per heavy atom. The van der Waals surface area contributed by atoms with Crippen molar-refractivity contribution in [1.82, 2.24) is 4.98 Å². The van der Waals surface area contributed by atoms with Crippen LogP contribution in [0, 0.1) is 23.7 Å². The van der Waals surface area contributed by atoms with Gasteiger partial charge in [-0.1, -0.05) is 19.4 Å². The fourth-order valence-corrected chi connectivity index (χ4v) is 4.82. The van der Waals surface area contributed by atoms with Crippen LogP contribution >= 0.6 is 0 Å². The van der Waals surface area contributed by atoms with E-state index in [-0.39, 0.29) is 11.8 Å². The summed E-state index contributed by atoms with van der Waals surface area (Å²) in [5.74, 6) is 2.31. The van der Waals surface area contributed by atoms with E-state index in [1.165, 1.54) is 31.5 Å². The summed E-state index contributed by atoms with van der Waals surface area (Å²) in [6.45, 7) is 2.00. The molecule has 2 bridgehead atoms. The summed E-state index contributed by atoms with van der Waals surface area (Å²) < 4.78 is 38.5. The second-order valence-electron chi connectivity index (χ2n) is 8.25. The highest BCUT2D eigenvalue weighted by Gasteiger charge is 2.43. The van der Waals surface area contributed by atoms with Crippen LogP contribution in [0.3, 0.4) is 0 Å². The molecule has 1 heterocycles. The summed E-state index contributed by atoms with van der Waals surface area (Å²) in [6.07, 6.45) is 2.08. The van der Waals surface area contributed by atoms with Gasteiger partial charge in [-0.15, -0.1) is 0 Å². The highest BCUT2D eigenvalue weighted by Crippen LogP contribution is 2.51. The van der Waals surface area contributed by atoms with E-state index in [0.29, 0.717) is 29.0 Å². The Labute approximate surface area is 167 Å². The number of amides is 1. The van der Waals surface area contributed by atoms with Gasteiger partial charge in [0, 0.05) is 11.6 Å². The van der Waals surface area contributed by atoms with Gasteiger partial charge in [-0.25, -0.2) is 4.98 Å². The van der Waals surface area contributed by atoms with Crippen molar-refractivity contribution in [2.45, 2.75) is 38.8 Å². The van der Waals surface area contributed by atoms with Gasteiger partial charge in [0.05, 0.1) is 17.4 Å². The van der Waals surface area contributed by atoms with Crippen LogP contribution in [-0.2, 0) is 11.0 Å². The van der Waals surface area contributed by atoms with Gasteiger partial charge in [0.15, 0.2) is 0 Å². The number of alkyl halides is 3. The predicted octanol–water partition coefficient (Wildman–Crippen LogP) is 5.85. The predicted molar refractivity (Wildman–Crippen MR) is 106 cm³/mol. The third-order valence-electron chi connectivity index (χ3n) is 6.34. The van der Waals surface area contributed by atoms with Crippen molar-refractivity contribution in [3.8, 4) is 0 Å². The lowest BCUT2D eigenvalue weighted by Crippen LogP contribution is -2.30. The largest absolute Gasteiger partial charge is 0.416 e. The van der Waals surface area contributed by atoms with E-state index >= 15 is 0 Å². The zero-order valence-electron chi connectivity index (χ0n) is 16.2. The molecule has 29 heavy (non-hydrogen) atoms. The number of aromatic nitrogens is 1. The first kappa shape index (κ1) is 19.7. The van der Waals surface area contributed by atoms with Gasteiger partial charge in [0.2, 0.25) is 5.91 Å². The van der Waals surface area contributed by atoms with E-state index in [2.05, 4.69) is 15.6 Å². The average Bonchev–Trinajstić information content (AvgIpc) is 3.32. The highest BCUT2D eigenvalue weighted by atomic mass is 19.4. The minimum Gasteiger partial charge on any atom is -0.340 e. The molecule has 154 valence electrons. The van der Waals surface area contributed by atoms with E-state index in [0.717, 1.165) is 24.5 Å². The van der Waals surface area contributed by atoms with Gasteiger partial charge in [0.1, 0.15) is 5.82 Å². The quantitative estimate of drug-likeness (QED) is 0.658. The monoisotopic (exact) mass is 403 g/mol. The summed E-state index contributed by atoms with van der Waals surface area (Å²) >= 11 is 0. The first-order valence-electron chi connectivity index (χ1n) is 10.0. The molecule has 4 rings (SSSR count). The maximum atomic E-state index is 12.8. The summed E-state index contributed by atoms with van der Waals surface area (Å²) in [5, 5.41) is 5.78. The first-order valence-corrected chi connectivity index (χ1v) is 10.0. The topological polar surface area (TPSA) is 54.0 Å². The van der Waals surface area contributed by atoms with E-state index in [4.69, 9.17) is 0 Å². The molecule has 1 aromatic heterocycles. The average molecular weight is 403 g/mol. The summed E-state index contributed by atoms with van der Waals surface area (Å²) in [7, 11) is 0. The zero-order chi connectivity index (χ0) is 20.6. The van der Waals surface area contributed by atoms with Crippen LogP contribution in [0.25, 0.3) is 0 Å². The van der Waals surface area contributed by atoms with Crippen molar-refractivity contribution in [3.63, 3.8) is 0 Å². The normalized spacial score (nSPS) is 24.3. The summed E-state index contributed by atoms with van der Waals surface area (Å²) in [6, 6.07) is 8.29. The second-order valence-corrected chi connectivity index (χ2v) is 8.25. The fourth-order valence-electron chi connectivity index (χ4n) is 4.82. The Hall–Kier alpha value is -2.57. The number of hydrogen-bond acceptors (Lipinski definition) is 3. The molecule has 0 aliphatic heterocycles. The molecule has 2 aromatic rings. The van der Waals surface area contributed by atoms with Crippen molar-refractivity contribution < 1.29 is 18.0 Å². The highest BCUT2D eigenvalue weighted by molar-refractivity contribution is 5.92. The Bertz CT molecular complexity index is 882. The maximum absolute atomic E-state index is 12.8. The number of carbonyl (C=O) groups excluding carboxylic acids is 1. The number of rotatable bonds is 5. The molecule has 2 aliphatic rings. The van der Waals surface area contributed by atoms with Crippen molar-refractivity contribution in [2.75, 3.05) is 10.6 Å². The number of halogens is 3. The number of pyridine rings is 1. The van der Waals surface area contributed by atoms with Crippen molar-refractivity contribution >= 4 is 23.1 Å². The van der Waals surface area contributed by atoms with E-state index < -0.39 is 11.7 Å². The molecule has 2 saturated carbocycles. The Morgan fingerprint density at radius 1 is 1.14 bits per heavy atom. The molecule has 2 fully saturated rings. The molecule has 1 amide bonds. The van der Waals surface area contributed by atoms with Crippen molar-refractivity contribution in [2.24, 2.45) is 23.7 Å². The van der Waals surface area contributed by atoms with Gasteiger partial charge in [-0.3, -0.25) is 4.79 Å². The maximum Gasteiger partial charge on any atom is 0.416 e. The van der Waals surface area contributed by atoms with E-state index in [1.807, 2.05) is 6.92 Å².